The van der Waals surface area contributed by atoms with Gasteiger partial charge in [-0.05, 0) is 47.7 Å². The van der Waals surface area contributed by atoms with Gasteiger partial charge in [0, 0.05) is 17.9 Å². The van der Waals surface area contributed by atoms with E-state index in [9.17, 15) is 14.0 Å². The van der Waals surface area contributed by atoms with Crippen LogP contribution in [0.2, 0.25) is 0 Å². The fourth-order valence-corrected chi connectivity index (χ4v) is 3.78. The maximum atomic E-state index is 13.6. The lowest BCUT2D eigenvalue weighted by Crippen LogP contribution is -2.28. The molecule has 0 saturated heterocycles. The molecule has 0 atom stereocenters. The normalized spacial score (nSPS) is 12.5. The van der Waals surface area contributed by atoms with E-state index in [4.69, 9.17) is 4.74 Å². The fraction of sp³-hybridized carbons (Fsp3) is 0.143. The Labute approximate surface area is 165 Å². The molecule has 0 saturated carbocycles. The summed E-state index contributed by atoms with van der Waals surface area (Å²) in [6, 6.07) is 15.1. The van der Waals surface area contributed by atoms with Crippen LogP contribution in [0.1, 0.15) is 15.2 Å². The van der Waals surface area contributed by atoms with Gasteiger partial charge in [-0.2, -0.15) is 0 Å². The van der Waals surface area contributed by atoms with Crippen molar-refractivity contribution in [1.82, 2.24) is 0 Å². The minimum absolute atomic E-state index is 0.0272. The molecule has 0 spiro atoms. The zero-order chi connectivity index (χ0) is 19.5. The first-order chi connectivity index (χ1) is 13.6. The molecule has 5 nitrogen and oxygen atoms in total. The molecule has 0 fully saturated rings. The third kappa shape index (κ3) is 3.75. The highest BCUT2D eigenvalue weighted by atomic mass is 32.1. The lowest BCUT2D eigenvalue weighted by Gasteiger charge is -2.17. The van der Waals surface area contributed by atoms with Crippen LogP contribution in [0.5, 0.6) is 5.75 Å². The van der Waals surface area contributed by atoms with E-state index in [2.05, 4.69) is 5.32 Å². The topological polar surface area (TPSA) is 58.6 Å². The molecule has 2 heterocycles. The maximum Gasteiger partial charge on any atom is 0.268 e. The predicted molar refractivity (Wildman–Crippen MR) is 107 cm³/mol. The van der Waals surface area contributed by atoms with Gasteiger partial charge in [-0.1, -0.05) is 24.3 Å². The van der Waals surface area contributed by atoms with Crippen molar-refractivity contribution >= 4 is 34.5 Å². The highest BCUT2D eigenvalue weighted by molar-refractivity contribution is 7.12. The van der Waals surface area contributed by atoms with Crippen LogP contribution in [-0.4, -0.2) is 25.0 Å². The summed E-state index contributed by atoms with van der Waals surface area (Å²) in [5.41, 5.74) is 2.42. The van der Waals surface area contributed by atoms with Gasteiger partial charge in [-0.15, -0.1) is 11.3 Å². The number of rotatable bonds is 5. The average Bonchev–Trinajstić information content (AvgIpc) is 3.37. The van der Waals surface area contributed by atoms with Crippen molar-refractivity contribution in [3.63, 3.8) is 0 Å². The number of thiophene rings is 1. The standard InChI is InChI=1S/C21H17FN2O3S/c22-16-4-1-2-5-18(16)27-13-20(25)23-15-8-7-14-9-10-24(17(14)12-15)21(26)19-6-3-11-28-19/h1-8,11-12H,9-10,13H2,(H,23,25). The van der Waals surface area contributed by atoms with Crippen molar-refractivity contribution in [1.29, 1.82) is 0 Å². The van der Waals surface area contributed by atoms with Crippen molar-refractivity contribution in [3.8, 4) is 5.75 Å². The number of hydrogen-bond donors (Lipinski definition) is 1. The maximum absolute atomic E-state index is 13.6. The van der Waals surface area contributed by atoms with Gasteiger partial charge in [-0.25, -0.2) is 4.39 Å². The smallest absolute Gasteiger partial charge is 0.268 e. The summed E-state index contributed by atoms with van der Waals surface area (Å²) in [6.07, 6.45) is 0.775. The lowest BCUT2D eigenvalue weighted by atomic mass is 10.1. The number of fused-ring (bicyclic) bond motifs is 1. The van der Waals surface area contributed by atoms with E-state index in [0.29, 0.717) is 17.1 Å². The number of anilines is 2. The molecule has 0 bridgehead atoms. The zero-order valence-electron chi connectivity index (χ0n) is 14.9. The summed E-state index contributed by atoms with van der Waals surface area (Å²) in [4.78, 5) is 27.3. The highest BCUT2D eigenvalue weighted by Crippen LogP contribution is 2.32. The quantitative estimate of drug-likeness (QED) is 0.706. The molecule has 7 heteroatoms. The number of ether oxygens (including phenoxy) is 1. The largest absolute Gasteiger partial charge is 0.481 e. The number of benzene rings is 2. The Bertz CT molecular complexity index is 1020. The Morgan fingerprint density at radius 2 is 2.00 bits per heavy atom. The van der Waals surface area contributed by atoms with Crippen LogP contribution in [0, 0.1) is 5.82 Å². The number of para-hydroxylation sites is 1. The Balaban J connectivity index is 1.44. The lowest BCUT2D eigenvalue weighted by molar-refractivity contribution is -0.118. The Hall–Kier alpha value is -3.19. The van der Waals surface area contributed by atoms with E-state index in [-0.39, 0.29) is 18.3 Å². The first-order valence-electron chi connectivity index (χ1n) is 8.77. The summed E-state index contributed by atoms with van der Waals surface area (Å²) in [7, 11) is 0. The van der Waals surface area contributed by atoms with Gasteiger partial charge in [-0.3, -0.25) is 9.59 Å². The van der Waals surface area contributed by atoms with E-state index in [1.165, 1.54) is 23.5 Å². The van der Waals surface area contributed by atoms with Gasteiger partial charge in [0.2, 0.25) is 0 Å². The molecule has 2 aromatic carbocycles. The van der Waals surface area contributed by atoms with Gasteiger partial charge in [0.25, 0.3) is 11.8 Å². The Kier molecular flexibility index (Phi) is 5.08. The minimum atomic E-state index is -0.518. The number of carbonyl (C=O) groups is 2. The number of carbonyl (C=O) groups excluding carboxylic acids is 2. The van der Waals surface area contributed by atoms with Crippen LogP contribution in [0.3, 0.4) is 0 Å². The highest BCUT2D eigenvalue weighted by Gasteiger charge is 2.26. The van der Waals surface area contributed by atoms with Crippen LogP contribution < -0.4 is 15.0 Å². The zero-order valence-corrected chi connectivity index (χ0v) is 15.7. The Morgan fingerprint density at radius 1 is 1.14 bits per heavy atom. The molecule has 142 valence electrons. The molecule has 4 rings (SSSR count). The van der Waals surface area contributed by atoms with E-state index < -0.39 is 11.7 Å². The third-order valence-electron chi connectivity index (χ3n) is 4.44. The number of nitrogens with zero attached hydrogens (tertiary/aromatic N) is 1. The van der Waals surface area contributed by atoms with E-state index in [1.807, 2.05) is 17.5 Å². The molecule has 0 aliphatic carbocycles. The number of halogens is 1. The second kappa shape index (κ2) is 7.82. The number of hydrogen-bond acceptors (Lipinski definition) is 4. The van der Waals surface area contributed by atoms with Crippen LogP contribution in [0.4, 0.5) is 15.8 Å². The van der Waals surface area contributed by atoms with Gasteiger partial charge in [0.1, 0.15) is 0 Å². The molecule has 1 N–H and O–H groups in total. The van der Waals surface area contributed by atoms with Crippen molar-refractivity contribution in [2.24, 2.45) is 0 Å². The first-order valence-corrected chi connectivity index (χ1v) is 9.65. The Morgan fingerprint density at radius 3 is 2.79 bits per heavy atom. The van der Waals surface area contributed by atoms with Crippen molar-refractivity contribution in [2.45, 2.75) is 6.42 Å². The van der Waals surface area contributed by atoms with Crippen LogP contribution in [0.15, 0.2) is 60.0 Å². The molecule has 0 radical (unpaired) electrons. The van der Waals surface area contributed by atoms with Crippen molar-refractivity contribution < 1.29 is 18.7 Å². The average molecular weight is 396 g/mol. The van der Waals surface area contributed by atoms with Gasteiger partial charge in [0.05, 0.1) is 4.88 Å². The molecule has 28 heavy (non-hydrogen) atoms. The molecule has 1 aliphatic rings. The van der Waals surface area contributed by atoms with Crippen molar-refractivity contribution in [2.75, 3.05) is 23.4 Å². The monoisotopic (exact) mass is 396 g/mol. The summed E-state index contributed by atoms with van der Waals surface area (Å²) in [5, 5.41) is 4.61. The first kappa shape index (κ1) is 18.2. The summed E-state index contributed by atoms with van der Waals surface area (Å²) in [5.74, 6) is -0.938. The second-order valence-electron chi connectivity index (χ2n) is 6.29. The SMILES string of the molecule is O=C(COc1ccccc1F)Nc1ccc2c(c1)N(C(=O)c1cccs1)CC2. The summed E-state index contributed by atoms with van der Waals surface area (Å²) >= 11 is 1.40. The minimum Gasteiger partial charge on any atom is -0.481 e. The van der Waals surface area contributed by atoms with Crippen LogP contribution in [-0.2, 0) is 11.2 Å². The third-order valence-corrected chi connectivity index (χ3v) is 5.29. The number of nitrogens with one attached hydrogen (secondary N) is 1. The molecule has 1 aliphatic heterocycles. The molecule has 3 aromatic rings. The van der Waals surface area contributed by atoms with Crippen LogP contribution >= 0.6 is 11.3 Å². The molecule has 2 amide bonds. The summed E-state index contributed by atoms with van der Waals surface area (Å²) in [6.45, 7) is 0.301. The number of amides is 2. The van der Waals surface area contributed by atoms with Gasteiger partial charge >= 0.3 is 0 Å². The molecular weight excluding hydrogens is 379 g/mol. The van der Waals surface area contributed by atoms with Crippen molar-refractivity contribution in [3.05, 3.63) is 76.2 Å². The van der Waals surface area contributed by atoms with E-state index in [0.717, 1.165) is 17.7 Å². The second-order valence-corrected chi connectivity index (χ2v) is 7.24. The van der Waals surface area contributed by atoms with Crippen LogP contribution in [0.25, 0.3) is 0 Å². The fourth-order valence-electron chi connectivity index (χ4n) is 3.10. The van der Waals surface area contributed by atoms with E-state index in [1.54, 1.807) is 35.2 Å². The van der Waals surface area contributed by atoms with Gasteiger partial charge < -0.3 is 15.0 Å². The summed E-state index contributed by atoms with van der Waals surface area (Å²) < 4.78 is 18.8. The molecule has 1 aromatic heterocycles. The van der Waals surface area contributed by atoms with E-state index >= 15 is 0 Å². The predicted octanol–water partition coefficient (Wildman–Crippen LogP) is 4.11. The molecule has 0 unspecified atom stereocenters. The molecular formula is C21H17FN2O3S. The van der Waals surface area contributed by atoms with Gasteiger partial charge in [0.15, 0.2) is 18.2 Å².